The molecule has 1 aromatic rings. The van der Waals surface area contributed by atoms with E-state index in [4.69, 9.17) is 0 Å². The van der Waals surface area contributed by atoms with Gasteiger partial charge in [0.1, 0.15) is 0 Å². The molecule has 0 spiro atoms. The Bertz CT molecular complexity index is 395. The van der Waals surface area contributed by atoms with Gasteiger partial charge in [-0.05, 0) is 57.2 Å². The third kappa shape index (κ3) is 5.92. The number of unbranched alkanes of at least 4 members (excludes halogenated alkanes) is 3. The minimum absolute atomic E-state index is 0.513. The van der Waals surface area contributed by atoms with E-state index in [0.717, 1.165) is 13.0 Å². The van der Waals surface area contributed by atoms with E-state index in [-0.39, 0.29) is 0 Å². The number of rotatable bonds is 10. The van der Waals surface area contributed by atoms with Crippen LogP contribution in [-0.4, -0.2) is 6.54 Å². The zero-order valence-corrected chi connectivity index (χ0v) is 13.5. The van der Waals surface area contributed by atoms with E-state index < -0.39 is 0 Å². The lowest BCUT2D eigenvalue weighted by Crippen LogP contribution is -2.23. The van der Waals surface area contributed by atoms with E-state index in [9.17, 15) is 0 Å². The Morgan fingerprint density at radius 2 is 2.00 bits per heavy atom. The highest BCUT2D eigenvalue weighted by Crippen LogP contribution is 2.24. The maximum Gasteiger partial charge on any atom is 0.0322 e. The van der Waals surface area contributed by atoms with Crippen molar-refractivity contribution in [3.05, 3.63) is 47.5 Å². The SMILES string of the molecule is C=CCCCCCC(NCCC)c1ccc(C)cc1C. The molecule has 20 heavy (non-hydrogen) atoms. The molecule has 0 amide bonds. The summed E-state index contributed by atoms with van der Waals surface area (Å²) in [7, 11) is 0. The van der Waals surface area contributed by atoms with E-state index in [1.54, 1.807) is 0 Å². The largest absolute Gasteiger partial charge is 0.310 e. The quantitative estimate of drug-likeness (QED) is 0.439. The predicted octanol–water partition coefficient (Wildman–Crippen LogP) is 5.48. The molecular formula is C19H31N. The second kappa shape index (κ2) is 9.77. The maximum absolute atomic E-state index is 3.79. The normalized spacial score (nSPS) is 12.3. The van der Waals surface area contributed by atoms with Crippen molar-refractivity contribution in [2.24, 2.45) is 0 Å². The van der Waals surface area contributed by atoms with Crippen LogP contribution in [0.25, 0.3) is 0 Å². The van der Waals surface area contributed by atoms with Crippen LogP contribution in [0.1, 0.15) is 68.2 Å². The van der Waals surface area contributed by atoms with E-state index in [1.165, 1.54) is 48.8 Å². The lowest BCUT2D eigenvalue weighted by molar-refractivity contribution is 0.470. The van der Waals surface area contributed by atoms with Gasteiger partial charge in [-0.3, -0.25) is 0 Å². The topological polar surface area (TPSA) is 12.0 Å². The molecule has 1 rings (SSSR count). The van der Waals surface area contributed by atoms with Gasteiger partial charge in [0.15, 0.2) is 0 Å². The second-order valence-electron chi connectivity index (χ2n) is 5.79. The van der Waals surface area contributed by atoms with Crippen LogP contribution in [-0.2, 0) is 0 Å². The highest BCUT2D eigenvalue weighted by Gasteiger charge is 2.12. The van der Waals surface area contributed by atoms with Crippen molar-refractivity contribution in [1.82, 2.24) is 5.32 Å². The van der Waals surface area contributed by atoms with Gasteiger partial charge in [0, 0.05) is 6.04 Å². The Morgan fingerprint density at radius 3 is 2.65 bits per heavy atom. The average Bonchev–Trinajstić information content (AvgIpc) is 2.43. The van der Waals surface area contributed by atoms with Crippen LogP contribution in [0.5, 0.6) is 0 Å². The fraction of sp³-hybridized carbons (Fsp3) is 0.579. The molecule has 1 N–H and O–H groups in total. The predicted molar refractivity (Wildman–Crippen MR) is 90.2 cm³/mol. The first-order valence-corrected chi connectivity index (χ1v) is 8.10. The zero-order chi connectivity index (χ0) is 14.8. The summed E-state index contributed by atoms with van der Waals surface area (Å²) in [6.45, 7) is 11.5. The summed E-state index contributed by atoms with van der Waals surface area (Å²) in [5, 5.41) is 3.72. The monoisotopic (exact) mass is 273 g/mol. The van der Waals surface area contributed by atoms with Crippen LogP contribution < -0.4 is 5.32 Å². The molecule has 1 nitrogen and oxygen atoms in total. The van der Waals surface area contributed by atoms with Crippen molar-refractivity contribution < 1.29 is 0 Å². The lowest BCUT2D eigenvalue weighted by atomic mass is 9.95. The van der Waals surface area contributed by atoms with Crippen molar-refractivity contribution in [3.63, 3.8) is 0 Å². The molecule has 0 saturated carbocycles. The summed E-state index contributed by atoms with van der Waals surface area (Å²) in [5.74, 6) is 0. The summed E-state index contributed by atoms with van der Waals surface area (Å²) in [5.41, 5.74) is 4.25. The fourth-order valence-corrected chi connectivity index (χ4v) is 2.72. The van der Waals surface area contributed by atoms with Gasteiger partial charge in [0.2, 0.25) is 0 Å². The first kappa shape index (κ1) is 17.0. The summed E-state index contributed by atoms with van der Waals surface area (Å²) < 4.78 is 0. The first-order chi connectivity index (χ1) is 9.69. The van der Waals surface area contributed by atoms with Crippen LogP contribution in [0, 0.1) is 13.8 Å². The molecule has 0 aromatic heterocycles. The minimum atomic E-state index is 0.513. The standard InChI is InChI=1S/C19H31N/c1-5-7-8-9-10-11-19(20-14-6-2)18-13-12-16(3)15-17(18)4/h5,12-13,15,19-20H,1,6-11,14H2,2-4H3. The molecule has 0 bridgehead atoms. The lowest BCUT2D eigenvalue weighted by Gasteiger charge is -2.21. The average molecular weight is 273 g/mol. The van der Waals surface area contributed by atoms with E-state index >= 15 is 0 Å². The van der Waals surface area contributed by atoms with Gasteiger partial charge in [0.25, 0.3) is 0 Å². The number of allylic oxidation sites excluding steroid dienone is 1. The molecular weight excluding hydrogens is 242 g/mol. The van der Waals surface area contributed by atoms with Gasteiger partial charge < -0.3 is 5.32 Å². The highest BCUT2D eigenvalue weighted by atomic mass is 14.9. The number of nitrogens with one attached hydrogen (secondary N) is 1. The smallest absolute Gasteiger partial charge is 0.0322 e. The van der Waals surface area contributed by atoms with E-state index in [0.29, 0.717) is 6.04 Å². The van der Waals surface area contributed by atoms with Crippen LogP contribution in [0.2, 0.25) is 0 Å². The molecule has 0 aliphatic heterocycles. The summed E-state index contributed by atoms with van der Waals surface area (Å²) in [6, 6.07) is 7.36. The van der Waals surface area contributed by atoms with Crippen molar-refractivity contribution in [1.29, 1.82) is 0 Å². The zero-order valence-electron chi connectivity index (χ0n) is 13.5. The van der Waals surface area contributed by atoms with Gasteiger partial charge in [-0.15, -0.1) is 6.58 Å². The van der Waals surface area contributed by atoms with Gasteiger partial charge >= 0.3 is 0 Å². The van der Waals surface area contributed by atoms with Crippen molar-refractivity contribution in [3.8, 4) is 0 Å². The van der Waals surface area contributed by atoms with Gasteiger partial charge in [-0.2, -0.15) is 0 Å². The number of hydrogen-bond acceptors (Lipinski definition) is 1. The van der Waals surface area contributed by atoms with Gasteiger partial charge in [-0.1, -0.05) is 49.6 Å². The van der Waals surface area contributed by atoms with Crippen molar-refractivity contribution in [2.75, 3.05) is 6.54 Å². The third-order valence-electron chi connectivity index (χ3n) is 3.84. The molecule has 0 heterocycles. The summed E-state index contributed by atoms with van der Waals surface area (Å²) >= 11 is 0. The number of benzene rings is 1. The Morgan fingerprint density at radius 1 is 1.20 bits per heavy atom. The Hall–Kier alpha value is -1.08. The Labute approximate surface area is 125 Å². The maximum atomic E-state index is 3.79. The van der Waals surface area contributed by atoms with Gasteiger partial charge in [-0.25, -0.2) is 0 Å². The van der Waals surface area contributed by atoms with Crippen LogP contribution in [0.15, 0.2) is 30.9 Å². The van der Waals surface area contributed by atoms with Crippen LogP contribution in [0.4, 0.5) is 0 Å². The Kier molecular flexibility index (Phi) is 8.29. The Balaban J connectivity index is 2.60. The van der Waals surface area contributed by atoms with Crippen LogP contribution in [0.3, 0.4) is 0 Å². The molecule has 0 fully saturated rings. The number of aryl methyl sites for hydroxylation is 2. The highest BCUT2D eigenvalue weighted by molar-refractivity contribution is 5.32. The molecule has 0 aliphatic rings. The van der Waals surface area contributed by atoms with Crippen molar-refractivity contribution in [2.45, 2.75) is 65.3 Å². The van der Waals surface area contributed by atoms with Crippen LogP contribution >= 0.6 is 0 Å². The molecule has 0 radical (unpaired) electrons. The van der Waals surface area contributed by atoms with Gasteiger partial charge in [0.05, 0.1) is 0 Å². The molecule has 1 unspecified atom stereocenters. The molecule has 112 valence electrons. The second-order valence-corrected chi connectivity index (χ2v) is 5.79. The van der Waals surface area contributed by atoms with Crippen molar-refractivity contribution >= 4 is 0 Å². The van der Waals surface area contributed by atoms with E-state index in [1.807, 2.05) is 6.08 Å². The first-order valence-electron chi connectivity index (χ1n) is 8.10. The fourth-order valence-electron chi connectivity index (χ4n) is 2.72. The number of hydrogen-bond donors (Lipinski definition) is 1. The van der Waals surface area contributed by atoms with E-state index in [2.05, 4.69) is 50.9 Å². The third-order valence-corrected chi connectivity index (χ3v) is 3.84. The molecule has 0 saturated heterocycles. The summed E-state index contributed by atoms with van der Waals surface area (Å²) in [6.07, 6.45) is 9.48. The molecule has 0 aliphatic carbocycles. The minimum Gasteiger partial charge on any atom is -0.310 e. The molecule has 1 atom stereocenters. The summed E-state index contributed by atoms with van der Waals surface area (Å²) in [4.78, 5) is 0. The molecule has 1 heteroatoms. The molecule has 1 aromatic carbocycles.